The molecule has 1 N–H and O–H groups in total. The third-order valence-corrected chi connectivity index (χ3v) is 5.11. The first-order valence-corrected chi connectivity index (χ1v) is 9.44. The number of likely N-dealkylation sites (N-methyl/N-ethyl adjacent to an activating group) is 1. The summed E-state index contributed by atoms with van der Waals surface area (Å²) >= 11 is 0. The summed E-state index contributed by atoms with van der Waals surface area (Å²) in [6.45, 7) is 4.75. The highest BCUT2D eigenvalue weighted by Crippen LogP contribution is 2.23. The number of aliphatic imine (C=N–C) groups is 1. The molecule has 1 heterocycles. The summed E-state index contributed by atoms with van der Waals surface area (Å²) in [5.74, 6) is 1.87. The summed E-state index contributed by atoms with van der Waals surface area (Å²) in [6.07, 6.45) is 0. The second-order valence-corrected chi connectivity index (χ2v) is 6.83. The average molecular weight is 359 g/mol. The first-order valence-electron chi connectivity index (χ1n) is 9.44. The molecule has 1 saturated heterocycles. The molecule has 1 fully saturated rings. The molecule has 0 aromatic heterocycles. The lowest BCUT2D eigenvalue weighted by Crippen LogP contribution is -2.30. The van der Waals surface area contributed by atoms with Gasteiger partial charge in [0.15, 0.2) is 5.96 Å². The van der Waals surface area contributed by atoms with E-state index in [1.165, 1.54) is 21.9 Å². The Morgan fingerprint density at radius 2 is 1.81 bits per heavy atom. The van der Waals surface area contributed by atoms with Crippen molar-refractivity contribution in [1.82, 2.24) is 10.2 Å². The summed E-state index contributed by atoms with van der Waals surface area (Å²) in [6, 6.07) is 23.5. The van der Waals surface area contributed by atoms with Crippen molar-refractivity contribution in [1.29, 1.82) is 0 Å². The fourth-order valence-corrected chi connectivity index (χ4v) is 3.56. The van der Waals surface area contributed by atoms with Crippen LogP contribution in [0.15, 0.2) is 71.7 Å². The van der Waals surface area contributed by atoms with Gasteiger partial charge in [0.25, 0.3) is 0 Å². The zero-order valence-corrected chi connectivity index (χ0v) is 15.9. The Hall–Kier alpha value is -3.01. The molecular formula is C23H25N3O. The Bertz CT molecular complexity index is 952. The van der Waals surface area contributed by atoms with E-state index in [0.717, 1.165) is 24.8 Å². The standard InChI is InChI=1S/C23H25N3O/c1-3-26-16-22(18-7-5-4-6-8-18)25-23(26)24-15-17-9-10-20-14-21(27-2)12-11-19(20)13-17/h4-14,22H,3,15-16H2,1-2H3,(H,24,25). The van der Waals surface area contributed by atoms with Crippen LogP contribution in [0.3, 0.4) is 0 Å². The first kappa shape index (κ1) is 17.4. The SMILES string of the molecule is CCN1CC(c2ccccc2)NC1=NCc1ccc2cc(OC)ccc2c1. The Morgan fingerprint density at radius 3 is 2.59 bits per heavy atom. The van der Waals surface area contributed by atoms with Crippen LogP contribution in [0.1, 0.15) is 24.1 Å². The molecule has 3 aromatic rings. The van der Waals surface area contributed by atoms with Crippen LogP contribution in [0.4, 0.5) is 0 Å². The summed E-state index contributed by atoms with van der Waals surface area (Å²) in [7, 11) is 1.70. The predicted molar refractivity (Wildman–Crippen MR) is 111 cm³/mol. The van der Waals surface area contributed by atoms with Gasteiger partial charge in [-0.05, 0) is 47.0 Å². The van der Waals surface area contributed by atoms with Gasteiger partial charge in [-0.15, -0.1) is 0 Å². The van der Waals surface area contributed by atoms with E-state index < -0.39 is 0 Å². The summed E-state index contributed by atoms with van der Waals surface area (Å²) in [5, 5.41) is 5.99. The number of methoxy groups -OCH3 is 1. The smallest absolute Gasteiger partial charge is 0.194 e. The van der Waals surface area contributed by atoms with E-state index in [9.17, 15) is 0 Å². The number of ether oxygens (including phenoxy) is 1. The lowest BCUT2D eigenvalue weighted by atomic mass is 10.1. The molecule has 0 aliphatic carbocycles. The third-order valence-electron chi connectivity index (χ3n) is 5.11. The van der Waals surface area contributed by atoms with E-state index in [-0.39, 0.29) is 0 Å². The molecule has 4 rings (SSSR count). The molecule has 0 spiro atoms. The molecule has 27 heavy (non-hydrogen) atoms. The van der Waals surface area contributed by atoms with E-state index >= 15 is 0 Å². The number of nitrogens with zero attached hydrogens (tertiary/aromatic N) is 2. The number of guanidine groups is 1. The van der Waals surface area contributed by atoms with E-state index in [0.29, 0.717) is 12.6 Å². The van der Waals surface area contributed by atoms with Crippen LogP contribution in [0.25, 0.3) is 10.8 Å². The molecule has 1 atom stereocenters. The van der Waals surface area contributed by atoms with Crippen LogP contribution in [0.5, 0.6) is 5.75 Å². The fraction of sp³-hybridized carbons (Fsp3) is 0.261. The van der Waals surface area contributed by atoms with Gasteiger partial charge in [-0.1, -0.05) is 48.5 Å². The molecule has 1 aliphatic rings. The number of rotatable bonds is 5. The summed E-state index contributed by atoms with van der Waals surface area (Å²) in [5.41, 5.74) is 2.52. The molecule has 0 saturated carbocycles. The zero-order valence-electron chi connectivity index (χ0n) is 15.9. The molecule has 0 radical (unpaired) electrons. The molecule has 0 amide bonds. The second-order valence-electron chi connectivity index (χ2n) is 6.83. The van der Waals surface area contributed by atoms with Crippen LogP contribution in [-0.2, 0) is 6.54 Å². The zero-order chi connectivity index (χ0) is 18.6. The lowest BCUT2D eigenvalue weighted by Gasteiger charge is -2.14. The number of fused-ring (bicyclic) bond motifs is 1. The number of nitrogens with one attached hydrogen (secondary N) is 1. The predicted octanol–water partition coefficient (Wildman–Crippen LogP) is 4.37. The Morgan fingerprint density at radius 1 is 1.04 bits per heavy atom. The van der Waals surface area contributed by atoms with Crippen molar-refractivity contribution >= 4 is 16.7 Å². The van der Waals surface area contributed by atoms with Crippen molar-refractivity contribution in [3.05, 3.63) is 77.9 Å². The van der Waals surface area contributed by atoms with E-state index in [2.05, 4.69) is 77.8 Å². The van der Waals surface area contributed by atoms with Gasteiger partial charge in [-0.2, -0.15) is 0 Å². The highest BCUT2D eigenvalue weighted by atomic mass is 16.5. The maximum atomic E-state index is 5.30. The van der Waals surface area contributed by atoms with E-state index in [1.807, 2.05) is 6.07 Å². The van der Waals surface area contributed by atoms with Crippen molar-refractivity contribution in [2.75, 3.05) is 20.2 Å². The van der Waals surface area contributed by atoms with Gasteiger partial charge in [-0.3, -0.25) is 0 Å². The Balaban J connectivity index is 1.52. The number of benzene rings is 3. The number of hydrogen-bond acceptors (Lipinski definition) is 2. The van der Waals surface area contributed by atoms with Crippen LogP contribution < -0.4 is 10.1 Å². The molecule has 3 aromatic carbocycles. The molecule has 4 nitrogen and oxygen atoms in total. The van der Waals surface area contributed by atoms with Gasteiger partial charge in [0.2, 0.25) is 0 Å². The Kier molecular flexibility index (Phi) is 4.97. The molecule has 1 unspecified atom stereocenters. The fourth-order valence-electron chi connectivity index (χ4n) is 3.56. The van der Waals surface area contributed by atoms with Crippen molar-refractivity contribution in [3.63, 3.8) is 0 Å². The minimum atomic E-state index is 0.300. The third kappa shape index (κ3) is 3.75. The average Bonchev–Trinajstić information content (AvgIpc) is 3.15. The maximum absolute atomic E-state index is 5.30. The minimum Gasteiger partial charge on any atom is -0.497 e. The largest absolute Gasteiger partial charge is 0.497 e. The topological polar surface area (TPSA) is 36.9 Å². The van der Waals surface area contributed by atoms with Crippen molar-refractivity contribution in [2.24, 2.45) is 4.99 Å². The Labute approximate surface area is 160 Å². The van der Waals surface area contributed by atoms with Gasteiger partial charge in [-0.25, -0.2) is 4.99 Å². The van der Waals surface area contributed by atoms with Crippen LogP contribution in [0, 0.1) is 0 Å². The monoisotopic (exact) mass is 359 g/mol. The maximum Gasteiger partial charge on any atom is 0.194 e. The van der Waals surface area contributed by atoms with Gasteiger partial charge >= 0.3 is 0 Å². The van der Waals surface area contributed by atoms with E-state index in [1.54, 1.807) is 7.11 Å². The second kappa shape index (κ2) is 7.70. The van der Waals surface area contributed by atoms with Gasteiger partial charge in [0.05, 0.1) is 19.7 Å². The van der Waals surface area contributed by atoms with Crippen molar-refractivity contribution < 1.29 is 4.74 Å². The van der Waals surface area contributed by atoms with Gasteiger partial charge in [0, 0.05) is 13.1 Å². The summed E-state index contributed by atoms with van der Waals surface area (Å²) in [4.78, 5) is 7.18. The van der Waals surface area contributed by atoms with Crippen LogP contribution in [0.2, 0.25) is 0 Å². The van der Waals surface area contributed by atoms with E-state index in [4.69, 9.17) is 9.73 Å². The molecule has 4 heteroatoms. The summed E-state index contributed by atoms with van der Waals surface area (Å²) < 4.78 is 5.30. The quantitative estimate of drug-likeness (QED) is 0.735. The van der Waals surface area contributed by atoms with Crippen LogP contribution in [-0.4, -0.2) is 31.1 Å². The highest BCUT2D eigenvalue weighted by Gasteiger charge is 2.26. The van der Waals surface area contributed by atoms with Crippen molar-refractivity contribution in [3.8, 4) is 5.75 Å². The van der Waals surface area contributed by atoms with Crippen LogP contribution >= 0.6 is 0 Å². The van der Waals surface area contributed by atoms with Gasteiger partial charge < -0.3 is 15.0 Å². The first-order chi connectivity index (χ1) is 13.3. The molecule has 138 valence electrons. The highest BCUT2D eigenvalue weighted by molar-refractivity contribution is 5.85. The minimum absolute atomic E-state index is 0.300. The normalized spacial score (nSPS) is 18.1. The van der Waals surface area contributed by atoms with Gasteiger partial charge in [0.1, 0.15) is 5.75 Å². The van der Waals surface area contributed by atoms with Crippen molar-refractivity contribution in [2.45, 2.75) is 19.5 Å². The molecule has 1 aliphatic heterocycles. The molecular weight excluding hydrogens is 334 g/mol. The molecule has 0 bridgehead atoms. The lowest BCUT2D eigenvalue weighted by molar-refractivity contribution is 0.415. The number of hydrogen-bond donors (Lipinski definition) is 1.